The molecule has 2 heterocycles. The number of rotatable bonds is 3. The average molecular weight is 206 g/mol. The van der Waals surface area contributed by atoms with Crippen LogP contribution in [0.15, 0.2) is 12.3 Å². The topological polar surface area (TPSA) is 51.2 Å². The first kappa shape index (κ1) is 10.1. The van der Waals surface area contributed by atoms with E-state index in [0.717, 1.165) is 30.4 Å². The SMILES string of the molecule is CCOc1cc2c(cn1)C(C=O)NCC2. The third-order valence-electron chi connectivity index (χ3n) is 2.52. The van der Waals surface area contributed by atoms with Crippen molar-refractivity contribution in [2.24, 2.45) is 0 Å². The highest BCUT2D eigenvalue weighted by molar-refractivity contribution is 5.63. The molecule has 4 nitrogen and oxygen atoms in total. The molecule has 0 radical (unpaired) electrons. The molecule has 1 aromatic rings. The Morgan fingerprint density at radius 1 is 1.73 bits per heavy atom. The van der Waals surface area contributed by atoms with E-state index in [2.05, 4.69) is 10.3 Å². The number of fused-ring (bicyclic) bond motifs is 1. The van der Waals surface area contributed by atoms with Crippen LogP contribution in [0.1, 0.15) is 24.1 Å². The molecule has 0 saturated heterocycles. The zero-order chi connectivity index (χ0) is 10.7. The summed E-state index contributed by atoms with van der Waals surface area (Å²) >= 11 is 0. The summed E-state index contributed by atoms with van der Waals surface area (Å²) in [5, 5.41) is 3.13. The highest BCUT2D eigenvalue weighted by Crippen LogP contribution is 2.23. The van der Waals surface area contributed by atoms with Crippen molar-refractivity contribution in [2.75, 3.05) is 13.2 Å². The standard InChI is InChI=1S/C11H14N2O2/c1-2-15-11-5-8-3-4-12-10(7-14)9(8)6-13-11/h5-7,10,12H,2-4H2,1H3. The van der Waals surface area contributed by atoms with Crippen LogP contribution in [0.3, 0.4) is 0 Å². The van der Waals surface area contributed by atoms with E-state index in [9.17, 15) is 4.79 Å². The van der Waals surface area contributed by atoms with E-state index in [-0.39, 0.29) is 6.04 Å². The monoisotopic (exact) mass is 206 g/mol. The van der Waals surface area contributed by atoms with Gasteiger partial charge in [0.05, 0.1) is 12.6 Å². The van der Waals surface area contributed by atoms with Crippen LogP contribution in [0.4, 0.5) is 0 Å². The third-order valence-corrected chi connectivity index (χ3v) is 2.52. The Labute approximate surface area is 88.7 Å². The van der Waals surface area contributed by atoms with E-state index < -0.39 is 0 Å². The van der Waals surface area contributed by atoms with Crippen LogP contribution in [0, 0.1) is 0 Å². The van der Waals surface area contributed by atoms with Crippen LogP contribution in [-0.2, 0) is 11.2 Å². The lowest BCUT2D eigenvalue weighted by molar-refractivity contribution is -0.109. The fraction of sp³-hybridized carbons (Fsp3) is 0.455. The van der Waals surface area contributed by atoms with Gasteiger partial charge < -0.3 is 14.8 Å². The summed E-state index contributed by atoms with van der Waals surface area (Å²) in [5.74, 6) is 0.641. The Kier molecular flexibility index (Phi) is 2.97. The molecule has 0 bridgehead atoms. The summed E-state index contributed by atoms with van der Waals surface area (Å²) in [6.45, 7) is 3.37. The second-order valence-corrected chi connectivity index (χ2v) is 3.47. The summed E-state index contributed by atoms with van der Waals surface area (Å²) < 4.78 is 5.32. The maximum atomic E-state index is 10.8. The van der Waals surface area contributed by atoms with E-state index >= 15 is 0 Å². The molecule has 1 aliphatic rings. The van der Waals surface area contributed by atoms with Crippen LogP contribution in [0.25, 0.3) is 0 Å². The summed E-state index contributed by atoms with van der Waals surface area (Å²) in [6.07, 6.45) is 3.56. The van der Waals surface area contributed by atoms with Gasteiger partial charge in [0, 0.05) is 18.8 Å². The predicted molar refractivity (Wildman–Crippen MR) is 55.9 cm³/mol. The van der Waals surface area contributed by atoms with Gasteiger partial charge in [-0.2, -0.15) is 0 Å². The summed E-state index contributed by atoms with van der Waals surface area (Å²) in [7, 11) is 0. The predicted octanol–water partition coefficient (Wildman–Crippen LogP) is 0.866. The van der Waals surface area contributed by atoms with Crippen molar-refractivity contribution in [3.05, 3.63) is 23.4 Å². The molecule has 0 spiro atoms. The van der Waals surface area contributed by atoms with E-state index in [1.165, 1.54) is 0 Å². The van der Waals surface area contributed by atoms with Crippen LogP contribution >= 0.6 is 0 Å². The maximum Gasteiger partial charge on any atom is 0.213 e. The molecule has 0 amide bonds. The molecule has 4 heteroatoms. The van der Waals surface area contributed by atoms with Gasteiger partial charge in [-0.25, -0.2) is 4.98 Å². The molecule has 1 N–H and O–H groups in total. The van der Waals surface area contributed by atoms with Gasteiger partial charge in [0.25, 0.3) is 0 Å². The number of hydrogen-bond acceptors (Lipinski definition) is 4. The molecule has 15 heavy (non-hydrogen) atoms. The molecule has 2 rings (SSSR count). The quantitative estimate of drug-likeness (QED) is 0.745. The van der Waals surface area contributed by atoms with E-state index in [1.807, 2.05) is 13.0 Å². The van der Waals surface area contributed by atoms with Gasteiger partial charge in [0.15, 0.2) is 0 Å². The Morgan fingerprint density at radius 3 is 3.33 bits per heavy atom. The van der Waals surface area contributed by atoms with Crippen molar-refractivity contribution < 1.29 is 9.53 Å². The Morgan fingerprint density at radius 2 is 2.60 bits per heavy atom. The van der Waals surface area contributed by atoms with Gasteiger partial charge in [-0.3, -0.25) is 0 Å². The van der Waals surface area contributed by atoms with Crippen molar-refractivity contribution in [1.82, 2.24) is 10.3 Å². The molecule has 0 fully saturated rings. The summed E-state index contributed by atoms with van der Waals surface area (Å²) in [4.78, 5) is 15.0. The highest BCUT2D eigenvalue weighted by atomic mass is 16.5. The maximum absolute atomic E-state index is 10.8. The van der Waals surface area contributed by atoms with Crippen LogP contribution in [-0.4, -0.2) is 24.4 Å². The zero-order valence-electron chi connectivity index (χ0n) is 8.69. The van der Waals surface area contributed by atoms with Crippen molar-refractivity contribution in [1.29, 1.82) is 0 Å². The van der Waals surface area contributed by atoms with Gasteiger partial charge in [-0.15, -0.1) is 0 Å². The fourth-order valence-corrected chi connectivity index (χ4v) is 1.80. The first-order chi connectivity index (χ1) is 7.35. The Balaban J connectivity index is 2.31. The minimum atomic E-state index is -0.211. The number of nitrogens with one attached hydrogen (secondary N) is 1. The largest absolute Gasteiger partial charge is 0.478 e. The lowest BCUT2D eigenvalue weighted by atomic mass is 9.97. The fourth-order valence-electron chi connectivity index (χ4n) is 1.80. The molecular formula is C11H14N2O2. The van der Waals surface area contributed by atoms with Gasteiger partial charge in [0.2, 0.25) is 5.88 Å². The molecule has 1 aliphatic heterocycles. The van der Waals surface area contributed by atoms with Crippen molar-refractivity contribution in [3.63, 3.8) is 0 Å². The first-order valence-corrected chi connectivity index (χ1v) is 5.15. The molecular weight excluding hydrogens is 192 g/mol. The van der Waals surface area contributed by atoms with E-state index in [0.29, 0.717) is 12.5 Å². The van der Waals surface area contributed by atoms with Gasteiger partial charge >= 0.3 is 0 Å². The molecule has 1 atom stereocenters. The van der Waals surface area contributed by atoms with Crippen molar-refractivity contribution in [3.8, 4) is 5.88 Å². The smallest absolute Gasteiger partial charge is 0.213 e. The molecule has 0 aromatic carbocycles. The zero-order valence-corrected chi connectivity index (χ0v) is 8.69. The number of carbonyl (C=O) groups is 1. The Hall–Kier alpha value is -1.42. The number of nitrogens with zero attached hydrogens (tertiary/aromatic N) is 1. The summed E-state index contributed by atoms with van der Waals surface area (Å²) in [5.41, 5.74) is 2.13. The molecule has 80 valence electrons. The lowest BCUT2D eigenvalue weighted by Crippen LogP contribution is -2.30. The third kappa shape index (κ3) is 1.99. The Bertz CT molecular complexity index is 366. The van der Waals surface area contributed by atoms with Gasteiger partial charge in [-0.05, 0) is 24.5 Å². The number of hydrogen-bond donors (Lipinski definition) is 1. The van der Waals surface area contributed by atoms with Crippen molar-refractivity contribution in [2.45, 2.75) is 19.4 Å². The number of carbonyl (C=O) groups excluding carboxylic acids is 1. The van der Waals surface area contributed by atoms with Crippen LogP contribution in [0.5, 0.6) is 5.88 Å². The van der Waals surface area contributed by atoms with E-state index in [4.69, 9.17) is 4.74 Å². The number of pyridine rings is 1. The lowest BCUT2D eigenvalue weighted by Gasteiger charge is -2.22. The highest BCUT2D eigenvalue weighted by Gasteiger charge is 2.19. The number of ether oxygens (including phenoxy) is 1. The minimum absolute atomic E-state index is 0.211. The average Bonchev–Trinajstić information content (AvgIpc) is 2.28. The molecule has 0 saturated carbocycles. The molecule has 1 aromatic heterocycles. The second kappa shape index (κ2) is 4.40. The van der Waals surface area contributed by atoms with E-state index in [1.54, 1.807) is 6.20 Å². The van der Waals surface area contributed by atoms with Crippen LogP contribution < -0.4 is 10.1 Å². The van der Waals surface area contributed by atoms with Gasteiger partial charge in [-0.1, -0.05) is 0 Å². The second-order valence-electron chi connectivity index (χ2n) is 3.47. The van der Waals surface area contributed by atoms with Crippen LogP contribution in [0.2, 0.25) is 0 Å². The normalized spacial score (nSPS) is 19.4. The van der Waals surface area contributed by atoms with Gasteiger partial charge in [0.1, 0.15) is 6.29 Å². The first-order valence-electron chi connectivity index (χ1n) is 5.15. The molecule has 0 aliphatic carbocycles. The summed E-state index contributed by atoms with van der Waals surface area (Å²) in [6, 6.07) is 1.72. The number of aldehydes is 1. The molecule has 1 unspecified atom stereocenters. The van der Waals surface area contributed by atoms with Crippen molar-refractivity contribution >= 4 is 6.29 Å². The number of aromatic nitrogens is 1. The minimum Gasteiger partial charge on any atom is -0.478 e.